The second-order valence-electron chi connectivity index (χ2n) is 1.84. The molecule has 60 valence electrons. The van der Waals surface area contributed by atoms with E-state index in [1.807, 2.05) is 0 Å². The van der Waals surface area contributed by atoms with Crippen LogP contribution in [0.1, 0.15) is 0 Å². The summed E-state index contributed by atoms with van der Waals surface area (Å²) >= 11 is 4.40. The molecule has 1 unspecified atom stereocenters. The fourth-order valence-electron chi connectivity index (χ4n) is 0.566. The Morgan fingerprint density at radius 3 is 2.82 bits per heavy atom. The first kappa shape index (κ1) is 8.58. The third-order valence-electron chi connectivity index (χ3n) is 1.00. The highest BCUT2D eigenvalue weighted by Crippen LogP contribution is 2.17. The summed E-state index contributed by atoms with van der Waals surface area (Å²) in [7, 11) is 0. The van der Waals surface area contributed by atoms with E-state index >= 15 is 0 Å². The molecule has 4 nitrogen and oxygen atoms in total. The third-order valence-corrected chi connectivity index (χ3v) is 2.25. The van der Waals surface area contributed by atoms with Gasteiger partial charge in [0.25, 0.3) is 5.03 Å². The van der Waals surface area contributed by atoms with Crippen molar-refractivity contribution in [2.24, 2.45) is 0 Å². The lowest BCUT2D eigenvalue weighted by Gasteiger charge is -2.03. The highest BCUT2D eigenvalue weighted by atomic mass is 35.5. The SMILES string of the molecule is C[S+]([O-])c1nc(N)ncc1Cl. The summed E-state index contributed by atoms with van der Waals surface area (Å²) < 4.78 is 10.9. The molecule has 0 aliphatic rings. The molecule has 0 aliphatic carbocycles. The van der Waals surface area contributed by atoms with Crippen LogP contribution in [0.25, 0.3) is 0 Å². The molecular weight excluding hydrogens is 186 g/mol. The van der Waals surface area contributed by atoms with E-state index in [1.165, 1.54) is 12.5 Å². The van der Waals surface area contributed by atoms with Gasteiger partial charge in [0.2, 0.25) is 5.95 Å². The van der Waals surface area contributed by atoms with E-state index in [0.29, 0.717) is 0 Å². The van der Waals surface area contributed by atoms with E-state index in [4.69, 9.17) is 17.3 Å². The van der Waals surface area contributed by atoms with E-state index in [1.54, 1.807) is 0 Å². The predicted octanol–water partition coefficient (Wildman–Crippen LogP) is 0.450. The quantitative estimate of drug-likeness (QED) is 0.517. The first-order valence-corrected chi connectivity index (χ1v) is 4.66. The topological polar surface area (TPSA) is 74.9 Å². The number of rotatable bonds is 1. The summed E-state index contributed by atoms with van der Waals surface area (Å²) in [4.78, 5) is 7.33. The standard InChI is InChI=1S/C5H6ClN3OS/c1-11(10)4-3(6)2-8-5(7)9-4/h2H,1H3,(H2,7,8,9). The normalized spacial score (nSPS) is 13.0. The summed E-state index contributed by atoms with van der Waals surface area (Å²) in [6.07, 6.45) is 2.81. The van der Waals surface area contributed by atoms with E-state index in [0.717, 1.165) is 0 Å². The lowest BCUT2D eigenvalue weighted by Crippen LogP contribution is -2.05. The van der Waals surface area contributed by atoms with Crippen LogP contribution in [0.5, 0.6) is 0 Å². The molecule has 11 heavy (non-hydrogen) atoms. The second-order valence-corrected chi connectivity index (χ2v) is 3.54. The lowest BCUT2D eigenvalue weighted by molar-refractivity contribution is 0.597. The van der Waals surface area contributed by atoms with Gasteiger partial charge in [-0.15, -0.1) is 0 Å². The number of aromatic nitrogens is 2. The van der Waals surface area contributed by atoms with Crippen LogP contribution in [0.15, 0.2) is 11.2 Å². The second kappa shape index (κ2) is 3.25. The first-order chi connectivity index (χ1) is 5.11. The fraction of sp³-hybridized carbons (Fsp3) is 0.200. The predicted molar refractivity (Wildman–Crippen MR) is 43.8 cm³/mol. The van der Waals surface area contributed by atoms with Gasteiger partial charge in [0.15, 0.2) is 0 Å². The zero-order valence-electron chi connectivity index (χ0n) is 5.74. The molecule has 0 aromatic carbocycles. The number of nitrogen functional groups attached to an aromatic ring is 1. The van der Waals surface area contributed by atoms with Crippen molar-refractivity contribution in [3.05, 3.63) is 11.2 Å². The molecule has 6 heteroatoms. The molecule has 0 saturated heterocycles. The Bertz CT molecular complexity index is 268. The maximum Gasteiger partial charge on any atom is 0.267 e. The Labute approximate surface area is 72.0 Å². The molecule has 2 N–H and O–H groups in total. The number of nitrogens with zero attached hydrogens (tertiary/aromatic N) is 2. The molecule has 1 aromatic rings. The lowest BCUT2D eigenvalue weighted by atomic mass is 10.7. The van der Waals surface area contributed by atoms with Crippen LogP contribution in [0.4, 0.5) is 5.95 Å². The number of halogens is 1. The van der Waals surface area contributed by atoms with Crippen LogP contribution in [0.3, 0.4) is 0 Å². The molecule has 1 heterocycles. The van der Waals surface area contributed by atoms with Crippen LogP contribution in [-0.4, -0.2) is 20.8 Å². The zero-order valence-corrected chi connectivity index (χ0v) is 7.32. The Balaban J connectivity index is 3.13. The van der Waals surface area contributed by atoms with E-state index in [2.05, 4.69) is 9.97 Å². The Kier molecular flexibility index (Phi) is 2.53. The van der Waals surface area contributed by atoms with Crippen molar-refractivity contribution in [1.29, 1.82) is 0 Å². The van der Waals surface area contributed by atoms with Gasteiger partial charge in [0.05, 0.1) is 6.20 Å². The van der Waals surface area contributed by atoms with Crippen molar-refractivity contribution in [3.63, 3.8) is 0 Å². The van der Waals surface area contributed by atoms with Crippen LogP contribution >= 0.6 is 11.6 Å². The number of nitrogens with two attached hydrogens (primary N) is 1. The molecule has 0 aliphatic heterocycles. The molecule has 0 saturated carbocycles. The maximum absolute atomic E-state index is 10.9. The number of hydrogen-bond acceptors (Lipinski definition) is 4. The van der Waals surface area contributed by atoms with Crippen molar-refractivity contribution in [2.45, 2.75) is 5.03 Å². The van der Waals surface area contributed by atoms with Gasteiger partial charge in [-0.2, -0.15) is 4.98 Å². The van der Waals surface area contributed by atoms with Gasteiger partial charge in [0.1, 0.15) is 11.3 Å². The minimum absolute atomic E-state index is 0.0830. The number of anilines is 1. The average Bonchev–Trinajstić information content (AvgIpc) is 1.94. The Morgan fingerprint density at radius 1 is 1.73 bits per heavy atom. The van der Waals surface area contributed by atoms with Crippen molar-refractivity contribution >= 4 is 28.7 Å². The summed E-state index contributed by atoms with van der Waals surface area (Å²) in [5.74, 6) is 0.0830. The van der Waals surface area contributed by atoms with Gasteiger partial charge < -0.3 is 10.3 Å². The van der Waals surface area contributed by atoms with Crippen molar-refractivity contribution in [1.82, 2.24) is 9.97 Å². The third kappa shape index (κ3) is 1.95. The Morgan fingerprint density at radius 2 is 2.36 bits per heavy atom. The molecule has 0 amide bonds. The van der Waals surface area contributed by atoms with Crippen LogP contribution in [-0.2, 0) is 11.2 Å². The van der Waals surface area contributed by atoms with Crippen LogP contribution < -0.4 is 5.73 Å². The molecule has 0 spiro atoms. The van der Waals surface area contributed by atoms with Crippen LogP contribution in [0.2, 0.25) is 5.02 Å². The maximum atomic E-state index is 10.9. The summed E-state index contributed by atoms with van der Waals surface area (Å²) in [6, 6.07) is 0. The van der Waals surface area contributed by atoms with Gasteiger partial charge in [-0.1, -0.05) is 11.6 Å². The summed E-state index contributed by atoms with van der Waals surface area (Å²) in [5, 5.41) is 0.555. The number of hydrogen-bond donors (Lipinski definition) is 1. The van der Waals surface area contributed by atoms with Gasteiger partial charge in [0, 0.05) is 11.2 Å². The molecular formula is C5H6ClN3OS. The fourth-order valence-corrected chi connectivity index (χ4v) is 1.53. The van der Waals surface area contributed by atoms with E-state index in [-0.39, 0.29) is 16.0 Å². The van der Waals surface area contributed by atoms with Crippen molar-refractivity contribution in [2.75, 3.05) is 12.0 Å². The molecule has 0 bridgehead atoms. The molecule has 1 rings (SSSR count). The highest BCUT2D eigenvalue weighted by molar-refractivity contribution is 7.90. The first-order valence-electron chi connectivity index (χ1n) is 2.72. The van der Waals surface area contributed by atoms with Crippen molar-refractivity contribution < 1.29 is 4.55 Å². The van der Waals surface area contributed by atoms with E-state index in [9.17, 15) is 4.55 Å². The largest absolute Gasteiger partial charge is 0.610 e. The van der Waals surface area contributed by atoms with Crippen LogP contribution in [0, 0.1) is 0 Å². The monoisotopic (exact) mass is 191 g/mol. The molecule has 1 atom stereocenters. The molecule has 1 aromatic heterocycles. The van der Waals surface area contributed by atoms with Gasteiger partial charge in [-0.3, -0.25) is 0 Å². The molecule has 0 radical (unpaired) electrons. The average molecular weight is 192 g/mol. The minimum Gasteiger partial charge on any atom is -0.610 e. The van der Waals surface area contributed by atoms with Gasteiger partial charge in [-0.25, -0.2) is 4.98 Å². The van der Waals surface area contributed by atoms with Gasteiger partial charge >= 0.3 is 0 Å². The van der Waals surface area contributed by atoms with E-state index < -0.39 is 11.2 Å². The zero-order chi connectivity index (χ0) is 8.43. The van der Waals surface area contributed by atoms with Gasteiger partial charge in [-0.05, 0) is 0 Å². The summed E-state index contributed by atoms with van der Waals surface area (Å²) in [5.41, 5.74) is 5.25. The highest BCUT2D eigenvalue weighted by Gasteiger charge is 2.12. The Hall–Kier alpha value is -0.520. The van der Waals surface area contributed by atoms with Crippen molar-refractivity contribution in [3.8, 4) is 0 Å². The molecule has 0 fully saturated rings. The summed E-state index contributed by atoms with van der Waals surface area (Å²) in [6.45, 7) is 0. The smallest absolute Gasteiger partial charge is 0.267 e. The minimum atomic E-state index is -1.21.